The monoisotopic (exact) mass is 429 g/mol. The number of piperazine rings is 2. The van der Waals surface area contributed by atoms with Gasteiger partial charge in [0.05, 0.1) is 10.7 Å². The van der Waals surface area contributed by atoms with Gasteiger partial charge in [-0.05, 0) is 43.8 Å². The standard InChI is InChI=1S/C21H28ClN7O/c1-16-3-4-18(17(22)15-16)23-21(30)29-13-11-28(12-14-29)20-6-5-19(24-25-20)27-9-7-26(2)8-10-27/h3-6,15H,7-14H2,1-2H3,(H,23,30). The van der Waals surface area contributed by atoms with Gasteiger partial charge in [0.15, 0.2) is 11.6 Å². The first-order valence-corrected chi connectivity index (χ1v) is 10.7. The van der Waals surface area contributed by atoms with Crippen LogP contribution in [0.15, 0.2) is 30.3 Å². The van der Waals surface area contributed by atoms with E-state index in [0.717, 1.165) is 56.5 Å². The lowest BCUT2D eigenvalue weighted by Gasteiger charge is -2.35. The summed E-state index contributed by atoms with van der Waals surface area (Å²) >= 11 is 6.23. The summed E-state index contributed by atoms with van der Waals surface area (Å²) < 4.78 is 0. The number of amides is 2. The Kier molecular flexibility index (Phi) is 6.24. The maximum absolute atomic E-state index is 12.6. The Morgan fingerprint density at radius 1 is 0.900 bits per heavy atom. The molecule has 0 aliphatic carbocycles. The lowest BCUT2D eigenvalue weighted by atomic mass is 10.2. The number of anilines is 3. The number of nitrogens with one attached hydrogen (secondary N) is 1. The van der Waals surface area contributed by atoms with Crippen LogP contribution in [0.4, 0.5) is 22.1 Å². The van der Waals surface area contributed by atoms with Crippen LogP contribution in [-0.2, 0) is 0 Å². The molecule has 0 saturated carbocycles. The molecule has 9 heteroatoms. The van der Waals surface area contributed by atoms with Crippen molar-refractivity contribution in [3.63, 3.8) is 0 Å². The average molecular weight is 430 g/mol. The quantitative estimate of drug-likeness (QED) is 0.808. The normalized spacial score (nSPS) is 17.9. The molecule has 1 aromatic heterocycles. The summed E-state index contributed by atoms with van der Waals surface area (Å²) in [5.74, 6) is 1.79. The second-order valence-electron chi connectivity index (χ2n) is 7.93. The number of halogens is 1. The van der Waals surface area contributed by atoms with E-state index in [2.05, 4.69) is 37.3 Å². The molecule has 0 radical (unpaired) electrons. The fourth-order valence-corrected chi connectivity index (χ4v) is 4.03. The van der Waals surface area contributed by atoms with Crippen LogP contribution in [0.25, 0.3) is 0 Å². The van der Waals surface area contributed by atoms with Gasteiger partial charge in [-0.2, -0.15) is 0 Å². The lowest BCUT2D eigenvalue weighted by Crippen LogP contribution is -2.50. The molecular formula is C21H28ClN7O. The third-order valence-electron chi connectivity index (χ3n) is 5.72. The second-order valence-corrected chi connectivity index (χ2v) is 8.33. The predicted molar refractivity (Wildman–Crippen MR) is 121 cm³/mol. The summed E-state index contributed by atoms with van der Waals surface area (Å²) in [5.41, 5.74) is 1.70. The lowest BCUT2D eigenvalue weighted by molar-refractivity contribution is 0.208. The molecule has 30 heavy (non-hydrogen) atoms. The van der Waals surface area contributed by atoms with E-state index in [0.29, 0.717) is 23.8 Å². The van der Waals surface area contributed by atoms with E-state index >= 15 is 0 Å². The zero-order valence-electron chi connectivity index (χ0n) is 17.5. The van der Waals surface area contributed by atoms with Gasteiger partial charge in [-0.15, -0.1) is 10.2 Å². The molecule has 2 aliphatic rings. The minimum Gasteiger partial charge on any atom is -0.353 e. The summed E-state index contributed by atoms with van der Waals surface area (Å²) in [7, 11) is 2.14. The van der Waals surface area contributed by atoms with Gasteiger partial charge in [-0.3, -0.25) is 0 Å². The predicted octanol–water partition coefficient (Wildman–Crippen LogP) is 2.54. The van der Waals surface area contributed by atoms with Gasteiger partial charge in [0.25, 0.3) is 0 Å². The van der Waals surface area contributed by atoms with Crippen LogP contribution >= 0.6 is 11.6 Å². The largest absolute Gasteiger partial charge is 0.353 e. The van der Waals surface area contributed by atoms with Crippen molar-refractivity contribution < 1.29 is 4.79 Å². The summed E-state index contributed by atoms with van der Waals surface area (Å²) in [6.45, 7) is 8.69. The van der Waals surface area contributed by atoms with E-state index < -0.39 is 0 Å². The first kappa shape index (κ1) is 20.7. The third-order valence-corrected chi connectivity index (χ3v) is 6.03. The number of hydrogen-bond acceptors (Lipinski definition) is 6. The van der Waals surface area contributed by atoms with E-state index in [-0.39, 0.29) is 6.03 Å². The zero-order valence-corrected chi connectivity index (χ0v) is 18.3. The minimum atomic E-state index is -0.128. The number of hydrogen-bond donors (Lipinski definition) is 1. The molecule has 1 aromatic carbocycles. The van der Waals surface area contributed by atoms with Gasteiger partial charge < -0.3 is 24.9 Å². The third kappa shape index (κ3) is 4.76. The molecular weight excluding hydrogens is 402 g/mol. The van der Waals surface area contributed by atoms with Gasteiger partial charge in [-0.25, -0.2) is 4.79 Å². The van der Waals surface area contributed by atoms with Crippen molar-refractivity contribution in [3.8, 4) is 0 Å². The molecule has 0 bridgehead atoms. The molecule has 160 valence electrons. The Hall–Kier alpha value is -2.58. The molecule has 0 spiro atoms. The number of urea groups is 1. The van der Waals surface area contributed by atoms with Crippen molar-refractivity contribution in [1.82, 2.24) is 20.0 Å². The van der Waals surface area contributed by atoms with Crippen molar-refractivity contribution in [2.45, 2.75) is 6.92 Å². The SMILES string of the molecule is Cc1ccc(NC(=O)N2CCN(c3ccc(N4CCN(C)CC4)nn3)CC2)c(Cl)c1. The maximum atomic E-state index is 12.6. The molecule has 8 nitrogen and oxygen atoms in total. The van der Waals surface area contributed by atoms with Crippen molar-refractivity contribution in [1.29, 1.82) is 0 Å². The summed E-state index contributed by atoms with van der Waals surface area (Å²) in [4.78, 5) is 21.2. The number of nitrogens with zero attached hydrogens (tertiary/aromatic N) is 6. The maximum Gasteiger partial charge on any atom is 0.322 e. The topological polar surface area (TPSA) is 67.8 Å². The number of likely N-dealkylation sites (N-methyl/N-ethyl adjacent to an activating group) is 1. The van der Waals surface area contributed by atoms with Crippen LogP contribution in [0.1, 0.15) is 5.56 Å². The summed E-state index contributed by atoms with van der Waals surface area (Å²) in [6, 6.07) is 9.57. The van der Waals surface area contributed by atoms with Crippen molar-refractivity contribution in [2.75, 3.05) is 74.5 Å². The minimum absolute atomic E-state index is 0.128. The molecule has 0 atom stereocenters. The molecule has 3 heterocycles. The van der Waals surface area contributed by atoms with Crippen LogP contribution in [0.2, 0.25) is 5.02 Å². The molecule has 2 fully saturated rings. The Morgan fingerprint density at radius 3 is 2.00 bits per heavy atom. The highest BCUT2D eigenvalue weighted by molar-refractivity contribution is 6.33. The number of carbonyl (C=O) groups is 1. The van der Waals surface area contributed by atoms with Crippen molar-refractivity contribution in [2.24, 2.45) is 0 Å². The van der Waals surface area contributed by atoms with Gasteiger partial charge in [0.1, 0.15) is 0 Å². The summed E-state index contributed by atoms with van der Waals surface area (Å²) in [6.07, 6.45) is 0. The van der Waals surface area contributed by atoms with Gasteiger partial charge in [0.2, 0.25) is 0 Å². The molecule has 2 amide bonds. The molecule has 1 N–H and O–H groups in total. The van der Waals surface area contributed by atoms with Crippen LogP contribution in [0, 0.1) is 6.92 Å². The molecule has 2 aliphatic heterocycles. The van der Waals surface area contributed by atoms with E-state index in [1.54, 1.807) is 4.90 Å². The number of carbonyl (C=O) groups excluding carboxylic acids is 1. The highest BCUT2D eigenvalue weighted by Gasteiger charge is 2.23. The van der Waals surface area contributed by atoms with E-state index in [1.165, 1.54) is 0 Å². The van der Waals surface area contributed by atoms with Crippen LogP contribution in [0.3, 0.4) is 0 Å². The van der Waals surface area contributed by atoms with Gasteiger partial charge >= 0.3 is 6.03 Å². The second kappa shape index (κ2) is 9.06. The Balaban J connectivity index is 1.30. The van der Waals surface area contributed by atoms with Gasteiger partial charge in [0, 0.05) is 52.4 Å². The van der Waals surface area contributed by atoms with Crippen molar-refractivity contribution in [3.05, 3.63) is 40.9 Å². The Labute approximate surface area is 182 Å². The van der Waals surface area contributed by atoms with E-state index in [9.17, 15) is 4.79 Å². The van der Waals surface area contributed by atoms with Crippen LogP contribution in [-0.4, -0.2) is 85.4 Å². The first-order valence-electron chi connectivity index (χ1n) is 10.3. The van der Waals surface area contributed by atoms with Crippen molar-refractivity contribution >= 4 is 35.0 Å². The van der Waals surface area contributed by atoms with Crippen LogP contribution < -0.4 is 15.1 Å². The smallest absolute Gasteiger partial charge is 0.322 e. The van der Waals surface area contributed by atoms with E-state index in [4.69, 9.17) is 11.6 Å². The molecule has 4 rings (SSSR count). The number of benzene rings is 1. The number of rotatable bonds is 3. The fraction of sp³-hybridized carbons (Fsp3) is 0.476. The number of aromatic nitrogens is 2. The molecule has 2 saturated heterocycles. The average Bonchev–Trinajstić information content (AvgIpc) is 2.76. The van der Waals surface area contributed by atoms with Gasteiger partial charge in [-0.1, -0.05) is 17.7 Å². The van der Waals surface area contributed by atoms with Crippen LogP contribution in [0.5, 0.6) is 0 Å². The molecule has 0 unspecified atom stereocenters. The Morgan fingerprint density at radius 2 is 1.47 bits per heavy atom. The zero-order chi connectivity index (χ0) is 21.1. The van der Waals surface area contributed by atoms with E-state index in [1.807, 2.05) is 37.3 Å². The highest BCUT2D eigenvalue weighted by atomic mass is 35.5. The number of aryl methyl sites for hydroxylation is 1. The fourth-order valence-electron chi connectivity index (χ4n) is 3.75. The highest BCUT2D eigenvalue weighted by Crippen LogP contribution is 2.23. The molecule has 2 aromatic rings. The Bertz CT molecular complexity index is 875. The first-order chi connectivity index (χ1) is 14.5. The summed E-state index contributed by atoms with van der Waals surface area (Å²) in [5, 5.41) is 12.3.